The molecule has 1 aliphatic rings. The van der Waals surface area contributed by atoms with E-state index in [1.807, 2.05) is 0 Å². The number of hydrogen-bond donors (Lipinski definition) is 1. The van der Waals surface area contributed by atoms with E-state index in [4.69, 9.17) is 11.6 Å². The van der Waals surface area contributed by atoms with Crippen LogP contribution >= 0.6 is 11.6 Å². The summed E-state index contributed by atoms with van der Waals surface area (Å²) in [5.41, 5.74) is 0.588. The van der Waals surface area contributed by atoms with Gasteiger partial charge in [-0.15, -0.1) is 11.6 Å². The van der Waals surface area contributed by atoms with Crippen molar-refractivity contribution >= 4 is 11.6 Å². The molecule has 2 unspecified atom stereocenters. The van der Waals surface area contributed by atoms with E-state index in [1.165, 1.54) is 12.5 Å². The fraction of sp³-hybridized carbons (Fsp3) is 0.636. The minimum absolute atomic E-state index is 0.0878. The second-order valence-electron chi connectivity index (χ2n) is 4.37. The van der Waals surface area contributed by atoms with E-state index < -0.39 is 0 Å². The van der Waals surface area contributed by atoms with Crippen LogP contribution in [0.3, 0.4) is 0 Å². The third kappa shape index (κ3) is 2.40. The molecule has 82 valence electrons. The van der Waals surface area contributed by atoms with Crippen LogP contribution in [-0.4, -0.2) is 9.97 Å². The zero-order valence-corrected chi connectivity index (χ0v) is 9.55. The number of alkyl halides is 1. The number of aromatic nitrogens is 2. The third-order valence-electron chi connectivity index (χ3n) is 3.03. The Morgan fingerprint density at radius 2 is 2.40 bits per heavy atom. The van der Waals surface area contributed by atoms with Gasteiger partial charge in [-0.3, -0.25) is 4.79 Å². The van der Waals surface area contributed by atoms with Gasteiger partial charge in [-0.1, -0.05) is 6.92 Å². The molecule has 1 fully saturated rings. The lowest BCUT2D eigenvalue weighted by atomic mass is 10.1. The van der Waals surface area contributed by atoms with Crippen LogP contribution in [0.2, 0.25) is 0 Å². The average Bonchev–Trinajstić information content (AvgIpc) is 2.64. The van der Waals surface area contributed by atoms with Crippen molar-refractivity contribution in [2.75, 3.05) is 0 Å². The van der Waals surface area contributed by atoms with E-state index in [0.29, 0.717) is 17.5 Å². The first-order valence-corrected chi connectivity index (χ1v) is 5.88. The monoisotopic (exact) mass is 226 g/mol. The van der Waals surface area contributed by atoms with Crippen molar-refractivity contribution in [3.8, 4) is 0 Å². The zero-order valence-electron chi connectivity index (χ0n) is 8.79. The van der Waals surface area contributed by atoms with E-state index in [-0.39, 0.29) is 5.56 Å². The Balaban J connectivity index is 2.28. The van der Waals surface area contributed by atoms with Crippen molar-refractivity contribution in [3.63, 3.8) is 0 Å². The molecule has 1 saturated carbocycles. The molecular formula is C11H15ClN2O. The highest BCUT2D eigenvalue weighted by atomic mass is 35.5. The molecule has 0 saturated heterocycles. The third-order valence-corrected chi connectivity index (χ3v) is 3.31. The SMILES string of the molecule is CC1CCC(c2nc(CCl)cc(=O)[nH]2)C1. The Bertz CT molecular complexity index is 402. The largest absolute Gasteiger partial charge is 0.310 e. The molecule has 0 aliphatic heterocycles. The quantitative estimate of drug-likeness (QED) is 0.788. The maximum Gasteiger partial charge on any atom is 0.251 e. The molecule has 0 bridgehead atoms. The van der Waals surface area contributed by atoms with Gasteiger partial charge >= 0.3 is 0 Å². The Labute approximate surface area is 93.9 Å². The molecule has 1 aliphatic carbocycles. The molecule has 2 rings (SSSR count). The Kier molecular flexibility index (Phi) is 3.10. The highest BCUT2D eigenvalue weighted by Gasteiger charge is 2.24. The van der Waals surface area contributed by atoms with Crippen molar-refractivity contribution in [3.05, 3.63) is 27.9 Å². The second kappa shape index (κ2) is 4.35. The number of halogens is 1. The summed E-state index contributed by atoms with van der Waals surface area (Å²) in [4.78, 5) is 18.6. The van der Waals surface area contributed by atoms with E-state index in [2.05, 4.69) is 16.9 Å². The Hall–Kier alpha value is -0.830. The fourth-order valence-electron chi connectivity index (χ4n) is 2.25. The fourth-order valence-corrected chi connectivity index (χ4v) is 2.38. The molecule has 15 heavy (non-hydrogen) atoms. The average molecular weight is 227 g/mol. The van der Waals surface area contributed by atoms with Gasteiger partial charge in [-0.25, -0.2) is 4.98 Å². The Morgan fingerprint density at radius 3 is 3.00 bits per heavy atom. The summed E-state index contributed by atoms with van der Waals surface area (Å²) in [5, 5.41) is 0. The molecule has 4 heteroatoms. The summed E-state index contributed by atoms with van der Waals surface area (Å²) in [6, 6.07) is 1.47. The molecule has 0 amide bonds. The molecule has 1 N–H and O–H groups in total. The van der Waals surface area contributed by atoms with Gasteiger partial charge in [0.05, 0.1) is 11.6 Å². The van der Waals surface area contributed by atoms with Crippen LogP contribution in [0.5, 0.6) is 0 Å². The van der Waals surface area contributed by atoms with Crippen LogP contribution in [0.15, 0.2) is 10.9 Å². The number of nitrogens with one attached hydrogen (secondary N) is 1. The normalized spacial score (nSPS) is 25.7. The summed E-state index contributed by atoms with van der Waals surface area (Å²) in [6.45, 7) is 2.24. The van der Waals surface area contributed by atoms with Crippen molar-refractivity contribution in [2.24, 2.45) is 5.92 Å². The molecule has 1 heterocycles. The van der Waals surface area contributed by atoms with Crippen molar-refractivity contribution < 1.29 is 0 Å². The van der Waals surface area contributed by atoms with Gasteiger partial charge in [-0.2, -0.15) is 0 Å². The van der Waals surface area contributed by atoms with Crippen LogP contribution in [0.25, 0.3) is 0 Å². The van der Waals surface area contributed by atoms with Crippen molar-refractivity contribution in [1.29, 1.82) is 0 Å². The Morgan fingerprint density at radius 1 is 1.60 bits per heavy atom. The molecule has 0 aromatic carbocycles. The summed E-state index contributed by atoms with van der Waals surface area (Å²) in [7, 11) is 0. The predicted octanol–water partition coefficient (Wildman–Crippen LogP) is 2.41. The summed E-state index contributed by atoms with van der Waals surface area (Å²) >= 11 is 5.69. The zero-order chi connectivity index (χ0) is 10.8. The van der Waals surface area contributed by atoms with Gasteiger partial charge in [0.2, 0.25) is 0 Å². The summed E-state index contributed by atoms with van der Waals surface area (Å²) < 4.78 is 0. The second-order valence-corrected chi connectivity index (χ2v) is 4.64. The molecule has 2 atom stereocenters. The molecule has 0 radical (unpaired) electrons. The summed E-state index contributed by atoms with van der Waals surface area (Å²) in [5.74, 6) is 2.28. The van der Waals surface area contributed by atoms with Crippen LogP contribution in [0, 0.1) is 5.92 Å². The minimum Gasteiger partial charge on any atom is -0.310 e. The van der Waals surface area contributed by atoms with Gasteiger partial charge in [0.25, 0.3) is 5.56 Å². The van der Waals surface area contributed by atoms with E-state index in [1.54, 1.807) is 0 Å². The van der Waals surface area contributed by atoms with Gasteiger partial charge in [0.15, 0.2) is 0 Å². The highest BCUT2D eigenvalue weighted by molar-refractivity contribution is 6.16. The topological polar surface area (TPSA) is 45.8 Å². The molecule has 3 nitrogen and oxygen atoms in total. The number of H-pyrrole nitrogens is 1. The van der Waals surface area contributed by atoms with Gasteiger partial charge in [-0.05, 0) is 25.2 Å². The highest BCUT2D eigenvalue weighted by Crippen LogP contribution is 2.35. The van der Waals surface area contributed by atoms with Gasteiger partial charge < -0.3 is 4.98 Å². The van der Waals surface area contributed by atoms with Gasteiger partial charge in [0, 0.05) is 12.0 Å². The molecule has 1 aromatic rings. The van der Waals surface area contributed by atoms with E-state index in [9.17, 15) is 4.79 Å². The predicted molar refractivity (Wildman–Crippen MR) is 60.2 cm³/mol. The van der Waals surface area contributed by atoms with Crippen LogP contribution in [-0.2, 0) is 5.88 Å². The van der Waals surface area contributed by atoms with Crippen LogP contribution in [0.1, 0.15) is 43.6 Å². The van der Waals surface area contributed by atoms with Crippen LogP contribution in [0.4, 0.5) is 0 Å². The van der Waals surface area contributed by atoms with Crippen molar-refractivity contribution in [1.82, 2.24) is 9.97 Å². The first-order valence-electron chi connectivity index (χ1n) is 5.35. The first-order chi connectivity index (χ1) is 7.19. The van der Waals surface area contributed by atoms with Crippen LogP contribution < -0.4 is 5.56 Å². The smallest absolute Gasteiger partial charge is 0.251 e. The summed E-state index contributed by atoms with van der Waals surface area (Å²) in [6.07, 6.45) is 3.46. The maximum atomic E-state index is 11.4. The van der Waals surface area contributed by atoms with Crippen molar-refractivity contribution in [2.45, 2.75) is 38.0 Å². The first kappa shape index (κ1) is 10.7. The number of hydrogen-bond acceptors (Lipinski definition) is 2. The van der Waals surface area contributed by atoms with Gasteiger partial charge in [0.1, 0.15) is 5.82 Å². The number of rotatable bonds is 2. The standard InChI is InChI=1S/C11H15ClN2O/c1-7-2-3-8(4-7)11-13-9(6-12)5-10(15)14-11/h5,7-8H,2-4,6H2,1H3,(H,13,14,15). The maximum absolute atomic E-state index is 11.4. The molecular weight excluding hydrogens is 212 g/mol. The molecule has 0 spiro atoms. The van der Waals surface area contributed by atoms with E-state index >= 15 is 0 Å². The lowest BCUT2D eigenvalue weighted by Gasteiger charge is -2.09. The van der Waals surface area contributed by atoms with E-state index in [0.717, 1.165) is 24.6 Å². The number of aromatic amines is 1. The lowest BCUT2D eigenvalue weighted by molar-refractivity contribution is 0.583. The number of nitrogens with zero attached hydrogens (tertiary/aromatic N) is 1. The molecule has 1 aromatic heterocycles. The lowest BCUT2D eigenvalue weighted by Crippen LogP contribution is -2.14. The minimum atomic E-state index is -0.0878.